The zero-order chi connectivity index (χ0) is 19.2. The fourth-order valence-electron chi connectivity index (χ4n) is 2.84. The molecule has 3 rings (SSSR count). The molecule has 6 heteroatoms. The summed E-state index contributed by atoms with van der Waals surface area (Å²) in [4.78, 5) is 16.1. The van der Waals surface area contributed by atoms with Gasteiger partial charge in [0.05, 0.1) is 12.3 Å². The molecule has 0 atom stereocenters. The van der Waals surface area contributed by atoms with Crippen LogP contribution in [0.15, 0.2) is 59.4 Å². The molecule has 140 valence electrons. The normalized spacial score (nSPS) is 10.7. The van der Waals surface area contributed by atoms with Crippen LogP contribution in [-0.4, -0.2) is 27.9 Å². The highest BCUT2D eigenvalue weighted by Gasteiger charge is 2.05. The van der Waals surface area contributed by atoms with Gasteiger partial charge in [0.25, 0.3) is 5.56 Å². The summed E-state index contributed by atoms with van der Waals surface area (Å²) < 4.78 is 6.81. The predicted molar refractivity (Wildman–Crippen MR) is 106 cm³/mol. The van der Waals surface area contributed by atoms with E-state index in [9.17, 15) is 4.79 Å². The number of nitrogen functional groups attached to an aromatic ring is 1. The monoisotopic (exact) mass is 365 g/mol. The Balaban J connectivity index is 1.75. The lowest BCUT2D eigenvalue weighted by molar-refractivity contribution is 0.201. The maximum absolute atomic E-state index is 11.8. The molecule has 0 spiro atoms. The molecule has 0 unspecified atom stereocenters. The van der Waals surface area contributed by atoms with Gasteiger partial charge in [-0.05, 0) is 41.7 Å². The first kappa shape index (κ1) is 18.7. The smallest absolute Gasteiger partial charge is 0.254 e. The van der Waals surface area contributed by atoms with Gasteiger partial charge in [0.1, 0.15) is 12.4 Å². The molecule has 1 heterocycles. The van der Waals surface area contributed by atoms with Crippen molar-refractivity contribution in [1.82, 2.24) is 9.55 Å². The van der Waals surface area contributed by atoms with Crippen molar-refractivity contribution < 1.29 is 9.84 Å². The Hall–Kier alpha value is -3.12. The Morgan fingerprint density at radius 2 is 1.81 bits per heavy atom. The second kappa shape index (κ2) is 8.51. The van der Waals surface area contributed by atoms with Gasteiger partial charge >= 0.3 is 0 Å². The molecule has 6 nitrogen and oxygen atoms in total. The summed E-state index contributed by atoms with van der Waals surface area (Å²) in [5.74, 6) is 0.956. The minimum atomic E-state index is -0.147. The van der Waals surface area contributed by atoms with Crippen LogP contribution in [0.5, 0.6) is 5.75 Å². The highest BCUT2D eigenvalue weighted by Crippen LogP contribution is 2.25. The van der Waals surface area contributed by atoms with Crippen molar-refractivity contribution in [1.29, 1.82) is 0 Å². The Morgan fingerprint density at radius 1 is 1.07 bits per heavy atom. The molecule has 0 aliphatic heterocycles. The SMILES string of the molecule is Cn1c(N)nc(CCc2cccc(-c3cccc(OCCO)c3)c2)cc1=O. The molecule has 0 aliphatic rings. The van der Waals surface area contributed by atoms with E-state index in [1.54, 1.807) is 7.05 Å². The van der Waals surface area contributed by atoms with Crippen molar-refractivity contribution in [2.24, 2.45) is 7.05 Å². The summed E-state index contributed by atoms with van der Waals surface area (Å²) in [7, 11) is 1.61. The number of hydrogen-bond acceptors (Lipinski definition) is 5. The third-order valence-electron chi connectivity index (χ3n) is 4.35. The van der Waals surface area contributed by atoms with Crippen LogP contribution in [0.4, 0.5) is 5.95 Å². The van der Waals surface area contributed by atoms with E-state index in [4.69, 9.17) is 15.6 Å². The van der Waals surface area contributed by atoms with Gasteiger partial charge in [-0.15, -0.1) is 0 Å². The third kappa shape index (κ3) is 4.74. The Labute approximate surface area is 157 Å². The number of anilines is 1. The first-order chi connectivity index (χ1) is 13.1. The van der Waals surface area contributed by atoms with Crippen LogP contribution in [0.3, 0.4) is 0 Å². The number of nitrogens with zero attached hydrogens (tertiary/aromatic N) is 2. The van der Waals surface area contributed by atoms with E-state index in [0.29, 0.717) is 12.1 Å². The lowest BCUT2D eigenvalue weighted by Crippen LogP contribution is -2.21. The van der Waals surface area contributed by atoms with E-state index in [1.807, 2.05) is 36.4 Å². The number of aliphatic hydroxyl groups excluding tert-OH is 1. The van der Waals surface area contributed by atoms with Crippen molar-refractivity contribution in [3.63, 3.8) is 0 Å². The number of hydrogen-bond donors (Lipinski definition) is 2. The molecular formula is C21H23N3O3. The largest absolute Gasteiger partial charge is 0.491 e. The van der Waals surface area contributed by atoms with Gasteiger partial charge in [-0.2, -0.15) is 0 Å². The molecule has 0 aliphatic carbocycles. The van der Waals surface area contributed by atoms with Gasteiger partial charge in [-0.25, -0.2) is 4.98 Å². The first-order valence-electron chi connectivity index (χ1n) is 8.82. The Morgan fingerprint density at radius 3 is 2.56 bits per heavy atom. The Bertz CT molecular complexity index is 982. The number of ether oxygens (including phenoxy) is 1. The van der Waals surface area contributed by atoms with Crippen molar-refractivity contribution >= 4 is 5.95 Å². The third-order valence-corrected chi connectivity index (χ3v) is 4.35. The molecular weight excluding hydrogens is 342 g/mol. The van der Waals surface area contributed by atoms with Crippen molar-refractivity contribution in [3.8, 4) is 16.9 Å². The van der Waals surface area contributed by atoms with Gasteiger partial charge in [0, 0.05) is 13.1 Å². The second-order valence-corrected chi connectivity index (χ2v) is 6.30. The summed E-state index contributed by atoms with van der Waals surface area (Å²) in [6, 6.07) is 17.5. The number of aromatic nitrogens is 2. The van der Waals surface area contributed by atoms with E-state index in [0.717, 1.165) is 28.9 Å². The molecule has 3 aromatic rings. The van der Waals surface area contributed by atoms with Crippen LogP contribution in [0.25, 0.3) is 11.1 Å². The summed E-state index contributed by atoms with van der Waals surface area (Å²) in [5, 5.41) is 8.89. The van der Waals surface area contributed by atoms with Crippen LogP contribution in [0, 0.1) is 0 Å². The lowest BCUT2D eigenvalue weighted by Gasteiger charge is -2.09. The van der Waals surface area contributed by atoms with Crippen LogP contribution < -0.4 is 16.0 Å². The number of aryl methyl sites for hydroxylation is 2. The number of nitrogens with two attached hydrogens (primary N) is 1. The molecule has 0 fully saturated rings. The van der Waals surface area contributed by atoms with Gasteiger partial charge in [0.15, 0.2) is 0 Å². The molecule has 0 saturated carbocycles. The average molecular weight is 365 g/mol. The maximum atomic E-state index is 11.8. The van der Waals surface area contributed by atoms with Gasteiger partial charge < -0.3 is 15.6 Å². The van der Waals surface area contributed by atoms with Crippen molar-refractivity contribution in [2.45, 2.75) is 12.8 Å². The molecule has 0 amide bonds. The van der Waals surface area contributed by atoms with Gasteiger partial charge in [-0.1, -0.05) is 36.4 Å². The van der Waals surface area contributed by atoms with E-state index in [1.165, 1.54) is 10.6 Å². The van der Waals surface area contributed by atoms with E-state index >= 15 is 0 Å². The van der Waals surface area contributed by atoms with Crippen LogP contribution in [-0.2, 0) is 19.9 Å². The van der Waals surface area contributed by atoms with Gasteiger partial charge in [-0.3, -0.25) is 9.36 Å². The highest BCUT2D eigenvalue weighted by atomic mass is 16.5. The molecule has 0 bridgehead atoms. The summed E-state index contributed by atoms with van der Waals surface area (Å²) >= 11 is 0. The minimum Gasteiger partial charge on any atom is -0.491 e. The molecule has 0 radical (unpaired) electrons. The quantitative estimate of drug-likeness (QED) is 0.670. The molecule has 0 saturated heterocycles. The van der Waals surface area contributed by atoms with Crippen LogP contribution in [0.2, 0.25) is 0 Å². The molecule has 1 aromatic heterocycles. The van der Waals surface area contributed by atoms with E-state index in [2.05, 4.69) is 17.1 Å². The van der Waals surface area contributed by atoms with Crippen molar-refractivity contribution in [3.05, 3.63) is 76.2 Å². The van der Waals surface area contributed by atoms with E-state index < -0.39 is 0 Å². The highest BCUT2D eigenvalue weighted by molar-refractivity contribution is 5.65. The lowest BCUT2D eigenvalue weighted by atomic mass is 10.0. The fraction of sp³-hybridized carbons (Fsp3) is 0.238. The molecule has 2 aromatic carbocycles. The maximum Gasteiger partial charge on any atom is 0.254 e. The Kier molecular flexibility index (Phi) is 5.88. The first-order valence-corrected chi connectivity index (χ1v) is 8.82. The molecule has 27 heavy (non-hydrogen) atoms. The average Bonchev–Trinajstić information content (AvgIpc) is 2.69. The van der Waals surface area contributed by atoms with Crippen LogP contribution >= 0.6 is 0 Å². The van der Waals surface area contributed by atoms with Gasteiger partial charge in [0.2, 0.25) is 5.95 Å². The fourth-order valence-corrected chi connectivity index (χ4v) is 2.84. The zero-order valence-corrected chi connectivity index (χ0v) is 15.3. The summed E-state index contributed by atoms with van der Waals surface area (Å²) in [6.45, 7) is 0.261. The predicted octanol–water partition coefficient (Wildman–Crippen LogP) is 2.19. The summed E-state index contributed by atoms with van der Waals surface area (Å²) in [6.07, 6.45) is 1.40. The molecule has 3 N–H and O–H groups in total. The zero-order valence-electron chi connectivity index (χ0n) is 15.3. The standard InChI is InChI=1S/C21H23N3O3/c1-24-20(26)14-18(23-21(24)22)9-8-15-4-2-5-16(12-15)17-6-3-7-19(13-17)27-11-10-25/h2-7,12-14,25H,8-11H2,1H3,(H2,22,23). The minimum absolute atomic E-state index is 0.0130. The van der Waals surface area contributed by atoms with Crippen LogP contribution in [0.1, 0.15) is 11.3 Å². The number of benzene rings is 2. The number of aliphatic hydroxyl groups is 1. The topological polar surface area (TPSA) is 90.4 Å². The van der Waals surface area contributed by atoms with E-state index in [-0.39, 0.29) is 24.7 Å². The second-order valence-electron chi connectivity index (χ2n) is 6.30. The number of rotatable bonds is 7. The summed E-state index contributed by atoms with van der Waals surface area (Å²) in [5.41, 5.74) is 9.59. The van der Waals surface area contributed by atoms with Crippen molar-refractivity contribution in [2.75, 3.05) is 18.9 Å².